The van der Waals surface area contributed by atoms with Crippen molar-refractivity contribution in [2.45, 2.75) is 18.9 Å². The second kappa shape index (κ2) is 6.80. The van der Waals surface area contributed by atoms with Crippen molar-refractivity contribution in [3.05, 3.63) is 23.8 Å². The summed E-state index contributed by atoms with van der Waals surface area (Å²) in [4.78, 5) is 24.5. The summed E-state index contributed by atoms with van der Waals surface area (Å²) in [7, 11) is 1.44. The molecule has 116 valence electrons. The van der Waals surface area contributed by atoms with Gasteiger partial charge in [-0.15, -0.1) is 0 Å². The van der Waals surface area contributed by atoms with Crippen LogP contribution in [-0.2, 0) is 9.59 Å². The van der Waals surface area contributed by atoms with Gasteiger partial charge < -0.3 is 19.5 Å². The van der Waals surface area contributed by atoms with Crippen molar-refractivity contribution >= 4 is 11.9 Å². The Balaban J connectivity index is 2.02. The lowest BCUT2D eigenvalue weighted by Crippen LogP contribution is -2.42. The topological polar surface area (TPSA) is 99.9 Å². The Morgan fingerprint density at radius 3 is 2.86 bits per heavy atom. The maximum atomic E-state index is 12.1. The van der Waals surface area contributed by atoms with Gasteiger partial charge in [0.25, 0.3) is 5.91 Å². The van der Waals surface area contributed by atoms with Gasteiger partial charge in [-0.3, -0.25) is 4.79 Å². The van der Waals surface area contributed by atoms with Crippen LogP contribution in [0.2, 0.25) is 0 Å². The number of carbonyl (C=O) groups excluding carboxylic acids is 1. The number of carbonyl (C=O) groups is 2. The number of ether oxygens (including phenoxy) is 2. The normalized spacial score (nSPS) is 16.9. The molecule has 0 aliphatic carbocycles. The number of methoxy groups -OCH3 is 1. The Bertz CT molecular complexity index is 623. The standard InChI is InChI=1S/C15H16N2O5/c1-21-13-7-10(8-16)4-5-12(13)22-9-14(18)17-6-2-3-11(17)15(19)20/h4-5,7,11H,2-3,6,9H2,1H3,(H,19,20)/t11-/m1/s1. The molecule has 1 atom stereocenters. The Labute approximate surface area is 127 Å². The van der Waals surface area contributed by atoms with Crippen molar-refractivity contribution in [3.63, 3.8) is 0 Å². The minimum atomic E-state index is -0.998. The average molecular weight is 304 g/mol. The Morgan fingerprint density at radius 1 is 1.45 bits per heavy atom. The number of nitrogens with zero attached hydrogens (tertiary/aromatic N) is 2. The number of likely N-dealkylation sites (tertiary alicyclic amines) is 1. The number of carboxylic acid groups (broad SMARTS) is 1. The summed E-state index contributed by atoms with van der Waals surface area (Å²) in [5, 5.41) is 17.9. The molecule has 2 rings (SSSR count). The number of amides is 1. The van der Waals surface area contributed by atoms with Crippen LogP contribution < -0.4 is 9.47 Å². The van der Waals surface area contributed by atoms with Crippen LogP contribution in [0.5, 0.6) is 11.5 Å². The predicted molar refractivity (Wildman–Crippen MR) is 75.6 cm³/mol. The SMILES string of the molecule is COc1cc(C#N)ccc1OCC(=O)N1CCC[C@@H]1C(=O)O. The number of hydrogen-bond acceptors (Lipinski definition) is 5. The molecule has 1 saturated heterocycles. The van der Waals surface area contributed by atoms with Crippen LogP contribution in [-0.4, -0.2) is 48.2 Å². The van der Waals surface area contributed by atoms with Gasteiger partial charge in [0.2, 0.25) is 0 Å². The van der Waals surface area contributed by atoms with E-state index >= 15 is 0 Å². The molecule has 0 saturated carbocycles. The van der Waals surface area contributed by atoms with E-state index in [1.165, 1.54) is 18.1 Å². The Morgan fingerprint density at radius 2 is 2.23 bits per heavy atom. The van der Waals surface area contributed by atoms with E-state index in [1.54, 1.807) is 12.1 Å². The third-order valence-corrected chi connectivity index (χ3v) is 3.50. The molecule has 7 heteroatoms. The number of aliphatic carboxylic acids is 1. The summed E-state index contributed by atoms with van der Waals surface area (Å²) in [5.74, 6) is -0.693. The van der Waals surface area contributed by atoms with Crippen LogP contribution in [0.15, 0.2) is 18.2 Å². The molecule has 7 nitrogen and oxygen atoms in total. The van der Waals surface area contributed by atoms with E-state index in [-0.39, 0.29) is 12.5 Å². The first kappa shape index (κ1) is 15.6. The van der Waals surface area contributed by atoms with Gasteiger partial charge in [0.05, 0.1) is 18.7 Å². The zero-order valence-electron chi connectivity index (χ0n) is 12.1. The van der Waals surface area contributed by atoms with E-state index < -0.39 is 12.0 Å². The predicted octanol–water partition coefficient (Wildman–Crippen LogP) is 1.02. The highest BCUT2D eigenvalue weighted by atomic mass is 16.5. The maximum Gasteiger partial charge on any atom is 0.326 e. The highest BCUT2D eigenvalue weighted by Gasteiger charge is 2.34. The molecule has 1 aromatic rings. The van der Waals surface area contributed by atoms with Crippen molar-refractivity contribution in [1.82, 2.24) is 4.90 Å². The van der Waals surface area contributed by atoms with Gasteiger partial charge in [-0.25, -0.2) is 4.79 Å². The van der Waals surface area contributed by atoms with Gasteiger partial charge in [0.15, 0.2) is 18.1 Å². The van der Waals surface area contributed by atoms with Crippen molar-refractivity contribution in [1.29, 1.82) is 5.26 Å². The molecule has 1 aliphatic rings. The van der Waals surface area contributed by atoms with E-state index in [2.05, 4.69) is 0 Å². The largest absolute Gasteiger partial charge is 0.493 e. The third kappa shape index (κ3) is 3.28. The lowest BCUT2D eigenvalue weighted by Gasteiger charge is -2.21. The van der Waals surface area contributed by atoms with Gasteiger partial charge in [-0.05, 0) is 25.0 Å². The summed E-state index contributed by atoms with van der Waals surface area (Å²) in [6, 6.07) is 5.81. The maximum absolute atomic E-state index is 12.1. The fraction of sp³-hybridized carbons (Fsp3) is 0.400. The molecular weight excluding hydrogens is 288 g/mol. The monoisotopic (exact) mass is 304 g/mol. The number of nitriles is 1. The molecular formula is C15H16N2O5. The van der Waals surface area contributed by atoms with E-state index in [0.717, 1.165) is 0 Å². The highest BCUT2D eigenvalue weighted by molar-refractivity contribution is 5.85. The zero-order chi connectivity index (χ0) is 16.1. The van der Waals surface area contributed by atoms with Gasteiger partial charge in [0.1, 0.15) is 6.04 Å². The summed E-state index contributed by atoms with van der Waals surface area (Å²) < 4.78 is 10.5. The van der Waals surface area contributed by atoms with E-state index in [9.17, 15) is 9.59 Å². The molecule has 0 bridgehead atoms. The summed E-state index contributed by atoms with van der Waals surface area (Å²) in [6.45, 7) is 0.149. The number of rotatable bonds is 5. The minimum absolute atomic E-state index is 0.272. The molecule has 1 aromatic carbocycles. The fourth-order valence-corrected chi connectivity index (χ4v) is 2.40. The summed E-state index contributed by atoms with van der Waals surface area (Å²) in [5.41, 5.74) is 0.418. The third-order valence-electron chi connectivity index (χ3n) is 3.50. The van der Waals surface area contributed by atoms with Gasteiger partial charge in [-0.2, -0.15) is 5.26 Å². The molecule has 1 N–H and O–H groups in total. The minimum Gasteiger partial charge on any atom is -0.493 e. The first-order valence-corrected chi connectivity index (χ1v) is 6.80. The molecule has 1 amide bonds. The molecule has 0 unspecified atom stereocenters. The lowest BCUT2D eigenvalue weighted by atomic mass is 10.2. The van der Waals surface area contributed by atoms with Gasteiger partial charge in [-0.1, -0.05) is 0 Å². The van der Waals surface area contributed by atoms with Gasteiger partial charge in [0, 0.05) is 12.6 Å². The van der Waals surface area contributed by atoms with Crippen molar-refractivity contribution < 1.29 is 24.2 Å². The lowest BCUT2D eigenvalue weighted by molar-refractivity contribution is -0.149. The fourth-order valence-electron chi connectivity index (χ4n) is 2.40. The number of hydrogen-bond donors (Lipinski definition) is 1. The Hall–Kier alpha value is -2.75. The summed E-state index contributed by atoms with van der Waals surface area (Å²) in [6.07, 6.45) is 1.13. The molecule has 0 radical (unpaired) electrons. The van der Waals surface area contributed by atoms with Crippen LogP contribution in [0, 0.1) is 11.3 Å². The van der Waals surface area contributed by atoms with Gasteiger partial charge >= 0.3 is 5.97 Å². The first-order chi connectivity index (χ1) is 10.6. The van der Waals surface area contributed by atoms with Crippen molar-refractivity contribution in [2.75, 3.05) is 20.3 Å². The average Bonchev–Trinajstić information content (AvgIpc) is 3.02. The molecule has 22 heavy (non-hydrogen) atoms. The van der Waals surface area contributed by atoms with Crippen LogP contribution in [0.3, 0.4) is 0 Å². The second-order valence-electron chi connectivity index (χ2n) is 4.85. The van der Waals surface area contributed by atoms with E-state index in [0.29, 0.717) is 36.4 Å². The van der Waals surface area contributed by atoms with Crippen molar-refractivity contribution in [2.24, 2.45) is 0 Å². The number of carboxylic acids is 1. The second-order valence-corrected chi connectivity index (χ2v) is 4.85. The van der Waals surface area contributed by atoms with Crippen LogP contribution >= 0.6 is 0 Å². The molecule has 1 heterocycles. The summed E-state index contributed by atoms with van der Waals surface area (Å²) >= 11 is 0. The smallest absolute Gasteiger partial charge is 0.326 e. The quantitative estimate of drug-likeness (QED) is 0.871. The van der Waals surface area contributed by atoms with Crippen LogP contribution in [0.1, 0.15) is 18.4 Å². The molecule has 0 spiro atoms. The molecule has 1 fully saturated rings. The van der Waals surface area contributed by atoms with Crippen LogP contribution in [0.4, 0.5) is 0 Å². The Kier molecular flexibility index (Phi) is 4.84. The molecule has 1 aliphatic heterocycles. The first-order valence-electron chi connectivity index (χ1n) is 6.80. The van der Waals surface area contributed by atoms with E-state index in [4.69, 9.17) is 19.8 Å². The number of benzene rings is 1. The highest BCUT2D eigenvalue weighted by Crippen LogP contribution is 2.28. The van der Waals surface area contributed by atoms with Crippen LogP contribution in [0.25, 0.3) is 0 Å². The van der Waals surface area contributed by atoms with Crippen molar-refractivity contribution in [3.8, 4) is 17.6 Å². The van der Waals surface area contributed by atoms with E-state index in [1.807, 2.05) is 6.07 Å². The molecule has 0 aromatic heterocycles. The zero-order valence-corrected chi connectivity index (χ0v) is 12.1.